The van der Waals surface area contributed by atoms with E-state index in [0.29, 0.717) is 5.41 Å². The number of unbranched alkanes of at least 4 members (excludes halogenated alkanes) is 4. The van der Waals surface area contributed by atoms with Gasteiger partial charge in [0.1, 0.15) is 0 Å². The largest absolute Gasteiger partial charge is 0.325 e. The fourth-order valence-corrected chi connectivity index (χ4v) is 2.36. The van der Waals surface area contributed by atoms with Crippen LogP contribution < -0.4 is 5.73 Å². The molecule has 0 radical (unpaired) electrons. The third-order valence-electron chi connectivity index (χ3n) is 5.21. The first-order chi connectivity index (χ1) is 7.56. The molecule has 0 aliphatic carbocycles. The zero-order chi connectivity index (χ0) is 13.7. The molecule has 0 atom stereocenters. The van der Waals surface area contributed by atoms with Crippen LogP contribution in [0.2, 0.25) is 0 Å². The van der Waals surface area contributed by atoms with Crippen LogP contribution in [0.15, 0.2) is 0 Å². The molecule has 0 aromatic rings. The summed E-state index contributed by atoms with van der Waals surface area (Å²) in [5.41, 5.74) is 6.69. The molecule has 0 amide bonds. The van der Waals surface area contributed by atoms with Gasteiger partial charge in [-0.25, -0.2) is 0 Å². The van der Waals surface area contributed by atoms with E-state index in [1.807, 2.05) is 0 Å². The van der Waals surface area contributed by atoms with Crippen LogP contribution in [0.4, 0.5) is 0 Å². The summed E-state index contributed by atoms with van der Waals surface area (Å²) in [5.74, 6) is 0. The molecular weight excluding hydrogens is 206 g/mol. The van der Waals surface area contributed by atoms with Gasteiger partial charge < -0.3 is 5.73 Å². The van der Waals surface area contributed by atoms with Crippen LogP contribution in [0.1, 0.15) is 87.0 Å². The zero-order valence-electron chi connectivity index (χ0n) is 13.3. The molecule has 0 unspecified atom stereocenters. The van der Waals surface area contributed by atoms with E-state index in [1.54, 1.807) is 0 Å². The summed E-state index contributed by atoms with van der Waals surface area (Å²) in [7, 11) is 0. The van der Waals surface area contributed by atoms with Crippen LogP contribution in [0, 0.1) is 10.8 Å². The maximum absolute atomic E-state index is 6.35. The topological polar surface area (TPSA) is 26.0 Å². The summed E-state index contributed by atoms with van der Waals surface area (Å²) in [4.78, 5) is 0. The van der Waals surface area contributed by atoms with E-state index in [9.17, 15) is 0 Å². The maximum Gasteiger partial charge on any atom is 0.0154 e. The lowest BCUT2D eigenvalue weighted by Gasteiger charge is -2.50. The maximum atomic E-state index is 6.35. The van der Waals surface area contributed by atoms with Crippen molar-refractivity contribution in [3.63, 3.8) is 0 Å². The van der Waals surface area contributed by atoms with Crippen molar-refractivity contribution in [3.05, 3.63) is 0 Å². The number of nitrogens with two attached hydrogens (primary N) is 1. The zero-order valence-corrected chi connectivity index (χ0v) is 13.3. The molecule has 0 saturated carbocycles. The fraction of sp³-hybridized carbons (Fsp3) is 1.00. The van der Waals surface area contributed by atoms with E-state index in [4.69, 9.17) is 5.73 Å². The van der Waals surface area contributed by atoms with Crippen molar-refractivity contribution < 1.29 is 0 Å². The molecule has 0 aromatic carbocycles. The van der Waals surface area contributed by atoms with E-state index in [1.165, 1.54) is 38.5 Å². The van der Waals surface area contributed by atoms with Crippen LogP contribution in [-0.2, 0) is 0 Å². The molecule has 0 bridgehead atoms. The van der Waals surface area contributed by atoms with Gasteiger partial charge in [-0.2, -0.15) is 0 Å². The highest BCUT2D eigenvalue weighted by Gasteiger charge is 2.45. The van der Waals surface area contributed by atoms with Crippen LogP contribution in [0.5, 0.6) is 0 Å². The molecule has 17 heavy (non-hydrogen) atoms. The molecular formula is C16H35N. The van der Waals surface area contributed by atoms with Gasteiger partial charge in [0.15, 0.2) is 0 Å². The van der Waals surface area contributed by atoms with E-state index in [0.717, 1.165) is 0 Å². The molecule has 0 spiro atoms. The molecule has 0 aromatic heterocycles. The molecule has 0 saturated heterocycles. The van der Waals surface area contributed by atoms with Crippen LogP contribution >= 0.6 is 0 Å². The van der Waals surface area contributed by atoms with Crippen molar-refractivity contribution >= 4 is 0 Å². The average molecular weight is 241 g/mol. The summed E-state index contributed by atoms with van der Waals surface area (Å²) in [6.45, 7) is 16.0. The SMILES string of the molecule is CCCCCCCC(C)(C)C(C)(C)C(C)(C)N. The van der Waals surface area contributed by atoms with Crippen LogP contribution in [-0.4, -0.2) is 5.54 Å². The smallest absolute Gasteiger partial charge is 0.0154 e. The summed E-state index contributed by atoms with van der Waals surface area (Å²) >= 11 is 0. The molecule has 2 N–H and O–H groups in total. The van der Waals surface area contributed by atoms with Gasteiger partial charge in [0.05, 0.1) is 0 Å². The van der Waals surface area contributed by atoms with E-state index >= 15 is 0 Å². The third-order valence-corrected chi connectivity index (χ3v) is 5.21. The van der Waals surface area contributed by atoms with Crippen molar-refractivity contribution in [2.24, 2.45) is 16.6 Å². The van der Waals surface area contributed by atoms with Gasteiger partial charge in [-0.05, 0) is 31.1 Å². The number of hydrogen-bond acceptors (Lipinski definition) is 1. The predicted molar refractivity (Wildman–Crippen MR) is 79.2 cm³/mol. The second-order valence-electron chi connectivity index (χ2n) is 7.39. The molecule has 0 rings (SSSR count). The monoisotopic (exact) mass is 241 g/mol. The van der Waals surface area contributed by atoms with Gasteiger partial charge in [-0.15, -0.1) is 0 Å². The summed E-state index contributed by atoms with van der Waals surface area (Å²) in [6, 6.07) is 0. The Kier molecular flexibility index (Phi) is 6.21. The Hall–Kier alpha value is -0.0400. The highest BCUT2D eigenvalue weighted by atomic mass is 14.8. The molecule has 0 aliphatic rings. The molecule has 0 aliphatic heterocycles. The van der Waals surface area contributed by atoms with Crippen molar-refractivity contribution in [2.75, 3.05) is 0 Å². The Labute approximate surface area is 110 Å². The lowest BCUT2D eigenvalue weighted by molar-refractivity contribution is 0.0258. The van der Waals surface area contributed by atoms with E-state index in [-0.39, 0.29) is 11.0 Å². The molecule has 104 valence electrons. The van der Waals surface area contributed by atoms with Crippen molar-refractivity contribution in [1.29, 1.82) is 0 Å². The Bertz CT molecular complexity index is 208. The second kappa shape index (κ2) is 6.22. The average Bonchev–Trinajstić information content (AvgIpc) is 2.15. The first-order valence-electron chi connectivity index (χ1n) is 7.35. The van der Waals surface area contributed by atoms with Crippen molar-refractivity contribution in [2.45, 2.75) is 92.5 Å². The van der Waals surface area contributed by atoms with E-state index < -0.39 is 0 Å². The Morgan fingerprint density at radius 2 is 1.24 bits per heavy atom. The number of rotatable bonds is 8. The summed E-state index contributed by atoms with van der Waals surface area (Å²) in [5, 5.41) is 0. The highest BCUT2D eigenvalue weighted by Crippen LogP contribution is 2.48. The third kappa shape index (κ3) is 4.62. The van der Waals surface area contributed by atoms with E-state index in [2.05, 4.69) is 48.5 Å². The fourth-order valence-electron chi connectivity index (χ4n) is 2.36. The van der Waals surface area contributed by atoms with Crippen LogP contribution in [0.25, 0.3) is 0 Å². The van der Waals surface area contributed by atoms with Gasteiger partial charge in [-0.3, -0.25) is 0 Å². The van der Waals surface area contributed by atoms with Gasteiger partial charge in [0.2, 0.25) is 0 Å². The van der Waals surface area contributed by atoms with Crippen molar-refractivity contribution in [3.8, 4) is 0 Å². The van der Waals surface area contributed by atoms with Crippen LogP contribution in [0.3, 0.4) is 0 Å². The molecule has 1 nitrogen and oxygen atoms in total. The standard InChI is InChI=1S/C16H35N/c1-8-9-10-11-12-13-14(2,3)15(4,5)16(6,7)17/h8-13,17H2,1-7H3. The van der Waals surface area contributed by atoms with Gasteiger partial charge in [0, 0.05) is 5.54 Å². The quantitative estimate of drug-likeness (QED) is 0.585. The lowest BCUT2D eigenvalue weighted by Crippen LogP contribution is -2.54. The Balaban J connectivity index is 4.28. The first-order valence-corrected chi connectivity index (χ1v) is 7.35. The molecule has 1 heteroatoms. The van der Waals surface area contributed by atoms with Gasteiger partial charge >= 0.3 is 0 Å². The van der Waals surface area contributed by atoms with Gasteiger partial charge in [-0.1, -0.05) is 66.7 Å². The Morgan fingerprint density at radius 1 is 0.765 bits per heavy atom. The number of hydrogen-bond donors (Lipinski definition) is 1. The van der Waals surface area contributed by atoms with Crippen molar-refractivity contribution in [1.82, 2.24) is 0 Å². The lowest BCUT2D eigenvalue weighted by atomic mass is 9.57. The minimum Gasteiger partial charge on any atom is -0.325 e. The Morgan fingerprint density at radius 3 is 1.65 bits per heavy atom. The minimum atomic E-state index is -0.125. The predicted octanol–water partition coefficient (Wildman–Crippen LogP) is 5.14. The summed E-state index contributed by atoms with van der Waals surface area (Å²) in [6.07, 6.45) is 8.09. The summed E-state index contributed by atoms with van der Waals surface area (Å²) < 4.78 is 0. The molecule has 0 heterocycles. The van der Waals surface area contributed by atoms with Gasteiger partial charge in [0.25, 0.3) is 0 Å². The molecule has 0 fully saturated rings. The normalized spacial score (nSPS) is 14.1. The highest BCUT2D eigenvalue weighted by molar-refractivity contribution is 4.99. The minimum absolute atomic E-state index is 0.125. The second-order valence-corrected chi connectivity index (χ2v) is 7.39. The first kappa shape index (κ1) is 17.0.